The highest BCUT2D eigenvalue weighted by Crippen LogP contribution is 2.26. The molecule has 90 valence electrons. The minimum atomic E-state index is 0.677. The van der Waals surface area contributed by atoms with Gasteiger partial charge in [-0.1, -0.05) is 36.3 Å². The molecule has 1 unspecified atom stereocenters. The second kappa shape index (κ2) is 6.44. The van der Waals surface area contributed by atoms with Crippen molar-refractivity contribution >= 4 is 0 Å². The van der Waals surface area contributed by atoms with Gasteiger partial charge in [0.2, 0.25) is 0 Å². The average Bonchev–Trinajstić information content (AvgIpc) is 2.85. The molecule has 17 heavy (non-hydrogen) atoms. The van der Waals surface area contributed by atoms with Crippen LogP contribution in [0.5, 0.6) is 0 Å². The fourth-order valence-corrected chi connectivity index (χ4v) is 2.43. The number of hydrogen-bond acceptors (Lipinski definition) is 2. The monoisotopic (exact) mass is 228 g/mol. The Labute approximate surface area is 104 Å². The molecule has 1 heterocycles. The van der Waals surface area contributed by atoms with Gasteiger partial charge in [-0.05, 0) is 24.4 Å². The SMILES string of the molecule is C#CCNCCN1CCC(c2ccccc2)C1. The van der Waals surface area contributed by atoms with E-state index in [-0.39, 0.29) is 0 Å². The molecule has 0 saturated carbocycles. The summed E-state index contributed by atoms with van der Waals surface area (Å²) in [6.07, 6.45) is 6.47. The molecule has 2 heteroatoms. The Bertz CT molecular complexity index is 366. The highest BCUT2D eigenvalue weighted by Gasteiger charge is 2.22. The Morgan fingerprint density at radius 2 is 2.18 bits per heavy atom. The Morgan fingerprint density at radius 1 is 1.35 bits per heavy atom. The van der Waals surface area contributed by atoms with E-state index in [1.165, 1.54) is 25.1 Å². The van der Waals surface area contributed by atoms with Crippen LogP contribution in [-0.4, -0.2) is 37.6 Å². The van der Waals surface area contributed by atoms with Crippen molar-refractivity contribution in [3.8, 4) is 12.3 Å². The number of rotatable bonds is 5. The summed E-state index contributed by atoms with van der Waals surface area (Å²) in [5, 5.41) is 3.24. The summed E-state index contributed by atoms with van der Waals surface area (Å²) in [7, 11) is 0. The van der Waals surface area contributed by atoms with Gasteiger partial charge in [0.05, 0.1) is 6.54 Å². The van der Waals surface area contributed by atoms with Crippen LogP contribution >= 0.6 is 0 Å². The lowest BCUT2D eigenvalue weighted by Crippen LogP contribution is -2.30. The zero-order valence-electron chi connectivity index (χ0n) is 10.2. The molecule has 2 nitrogen and oxygen atoms in total. The summed E-state index contributed by atoms with van der Waals surface area (Å²) in [6, 6.07) is 10.8. The van der Waals surface area contributed by atoms with Crippen LogP contribution in [0, 0.1) is 12.3 Å². The highest BCUT2D eigenvalue weighted by atomic mass is 15.2. The van der Waals surface area contributed by atoms with Gasteiger partial charge in [-0.15, -0.1) is 6.42 Å². The molecule has 1 aromatic carbocycles. The van der Waals surface area contributed by atoms with Crippen molar-refractivity contribution in [1.82, 2.24) is 10.2 Å². The van der Waals surface area contributed by atoms with Gasteiger partial charge in [0.1, 0.15) is 0 Å². The Hall–Kier alpha value is -1.30. The third-order valence-corrected chi connectivity index (χ3v) is 3.38. The highest BCUT2D eigenvalue weighted by molar-refractivity contribution is 5.20. The molecule has 1 N–H and O–H groups in total. The average molecular weight is 228 g/mol. The van der Waals surface area contributed by atoms with Crippen LogP contribution in [-0.2, 0) is 0 Å². The fourth-order valence-electron chi connectivity index (χ4n) is 2.43. The molecule has 2 rings (SSSR count). The number of likely N-dealkylation sites (tertiary alicyclic amines) is 1. The van der Waals surface area contributed by atoms with Crippen LogP contribution in [0.4, 0.5) is 0 Å². The van der Waals surface area contributed by atoms with Gasteiger partial charge in [-0.3, -0.25) is 0 Å². The Kier molecular flexibility index (Phi) is 4.61. The third kappa shape index (κ3) is 3.59. The van der Waals surface area contributed by atoms with Crippen molar-refractivity contribution in [2.75, 3.05) is 32.7 Å². The number of terminal acetylenes is 1. The van der Waals surface area contributed by atoms with E-state index in [1.807, 2.05) is 0 Å². The first-order valence-electron chi connectivity index (χ1n) is 6.31. The Balaban J connectivity index is 1.75. The quantitative estimate of drug-likeness (QED) is 0.609. The van der Waals surface area contributed by atoms with Gasteiger partial charge >= 0.3 is 0 Å². The lowest BCUT2D eigenvalue weighted by Gasteiger charge is -2.16. The summed E-state index contributed by atoms with van der Waals surface area (Å²) >= 11 is 0. The predicted octanol–water partition coefficient (Wildman–Crippen LogP) is 1.70. The molecular formula is C15H20N2. The van der Waals surface area contributed by atoms with Crippen molar-refractivity contribution in [3.63, 3.8) is 0 Å². The lowest BCUT2D eigenvalue weighted by atomic mass is 9.99. The molecule has 0 radical (unpaired) electrons. The summed E-state index contributed by atoms with van der Waals surface area (Å²) in [5.74, 6) is 3.31. The number of hydrogen-bond donors (Lipinski definition) is 1. The molecule has 0 amide bonds. The minimum absolute atomic E-state index is 0.677. The maximum atomic E-state index is 5.19. The van der Waals surface area contributed by atoms with Crippen LogP contribution in [0.3, 0.4) is 0 Å². The van der Waals surface area contributed by atoms with Crippen molar-refractivity contribution in [2.24, 2.45) is 0 Å². The van der Waals surface area contributed by atoms with Crippen molar-refractivity contribution in [2.45, 2.75) is 12.3 Å². The van der Waals surface area contributed by atoms with E-state index in [0.717, 1.165) is 13.1 Å². The molecule has 1 aromatic rings. The van der Waals surface area contributed by atoms with Crippen molar-refractivity contribution < 1.29 is 0 Å². The van der Waals surface area contributed by atoms with Gasteiger partial charge in [-0.25, -0.2) is 0 Å². The smallest absolute Gasteiger partial charge is 0.0574 e. The standard InChI is InChI=1S/C15H20N2/c1-2-9-16-10-12-17-11-8-15(13-17)14-6-4-3-5-7-14/h1,3-7,15-16H,8-13H2. The topological polar surface area (TPSA) is 15.3 Å². The van der Waals surface area contributed by atoms with E-state index in [2.05, 4.69) is 46.5 Å². The largest absolute Gasteiger partial charge is 0.305 e. The maximum Gasteiger partial charge on any atom is 0.0574 e. The number of nitrogens with one attached hydrogen (secondary N) is 1. The summed E-state index contributed by atoms with van der Waals surface area (Å²) < 4.78 is 0. The van der Waals surface area contributed by atoms with E-state index in [4.69, 9.17) is 6.42 Å². The molecule has 0 spiro atoms. The summed E-state index contributed by atoms with van der Waals surface area (Å²) in [4.78, 5) is 2.52. The molecule has 1 atom stereocenters. The Morgan fingerprint density at radius 3 is 2.94 bits per heavy atom. The van der Waals surface area contributed by atoms with Crippen molar-refractivity contribution in [3.05, 3.63) is 35.9 Å². The number of benzene rings is 1. The summed E-state index contributed by atoms with van der Waals surface area (Å²) in [5.41, 5.74) is 1.48. The van der Waals surface area contributed by atoms with Crippen molar-refractivity contribution in [1.29, 1.82) is 0 Å². The zero-order valence-corrected chi connectivity index (χ0v) is 10.2. The first kappa shape index (κ1) is 12.2. The normalized spacial score (nSPS) is 20.3. The van der Waals surface area contributed by atoms with Gasteiger partial charge in [-0.2, -0.15) is 0 Å². The number of nitrogens with zero attached hydrogens (tertiary/aromatic N) is 1. The summed E-state index contributed by atoms with van der Waals surface area (Å²) in [6.45, 7) is 5.16. The molecule has 1 fully saturated rings. The van der Waals surface area contributed by atoms with Crippen LogP contribution in [0.15, 0.2) is 30.3 Å². The van der Waals surface area contributed by atoms with Crippen LogP contribution < -0.4 is 5.32 Å². The van der Waals surface area contributed by atoms with Gasteiger partial charge in [0, 0.05) is 19.6 Å². The second-order valence-electron chi connectivity index (χ2n) is 4.58. The molecule has 0 aliphatic carbocycles. The maximum absolute atomic E-state index is 5.19. The lowest BCUT2D eigenvalue weighted by molar-refractivity contribution is 0.334. The third-order valence-electron chi connectivity index (χ3n) is 3.38. The zero-order chi connectivity index (χ0) is 11.9. The van der Waals surface area contributed by atoms with Gasteiger partial charge in [0.25, 0.3) is 0 Å². The first-order chi connectivity index (χ1) is 8.40. The molecule has 0 bridgehead atoms. The van der Waals surface area contributed by atoms with Gasteiger partial charge in [0.15, 0.2) is 0 Å². The predicted molar refractivity (Wildman–Crippen MR) is 71.9 cm³/mol. The second-order valence-corrected chi connectivity index (χ2v) is 4.58. The van der Waals surface area contributed by atoms with E-state index in [9.17, 15) is 0 Å². The van der Waals surface area contributed by atoms with Crippen LogP contribution in [0.1, 0.15) is 17.9 Å². The van der Waals surface area contributed by atoms with Gasteiger partial charge < -0.3 is 10.2 Å². The molecule has 1 aliphatic heterocycles. The molecule has 0 aromatic heterocycles. The molecule has 1 saturated heterocycles. The fraction of sp³-hybridized carbons (Fsp3) is 0.467. The minimum Gasteiger partial charge on any atom is -0.305 e. The van der Waals surface area contributed by atoms with Crippen LogP contribution in [0.2, 0.25) is 0 Å². The van der Waals surface area contributed by atoms with E-state index < -0.39 is 0 Å². The van der Waals surface area contributed by atoms with Crippen LogP contribution in [0.25, 0.3) is 0 Å². The first-order valence-corrected chi connectivity index (χ1v) is 6.31. The van der Waals surface area contributed by atoms with E-state index in [0.29, 0.717) is 12.5 Å². The van der Waals surface area contributed by atoms with E-state index >= 15 is 0 Å². The molecular weight excluding hydrogens is 208 g/mol. The van der Waals surface area contributed by atoms with E-state index in [1.54, 1.807) is 0 Å². The molecule has 1 aliphatic rings.